The third-order valence-corrected chi connectivity index (χ3v) is 7.27. The van der Waals surface area contributed by atoms with Crippen molar-refractivity contribution in [1.82, 2.24) is 9.78 Å². The van der Waals surface area contributed by atoms with E-state index in [1.165, 1.54) is 37.7 Å². The van der Waals surface area contributed by atoms with E-state index in [1.54, 1.807) is 0 Å². The van der Waals surface area contributed by atoms with E-state index >= 15 is 0 Å². The monoisotopic (exact) mass is 417 g/mol. The molecule has 1 N–H and O–H groups in total. The fraction of sp³-hybridized carbons (Fsp3) is 0.545. The van der Waals surface area contributed by atoms with E-state index in [0.717, 1.165) is 47.5 Å². The summed E-state index contributed by atoms with van der Waals surface area (Å²) in [5, 5.41) is 8.72. The quantitative estimate of drug-likeness (QED) is 0.607. The second-order valence-corrected chi connectivity index (χ2v) is 9.43. The zero-order chi connectivity index (χ0) is 19.5. The first kappa shape index (κ1) is 19.8. The van der Waals surface area contributed by atoms with Gasteiger partial charge in [0.25, 0.3) is 0 Å². The number of aromatic nitrogens is 2. The van der Waals surface area contributed by atoms with E-state index in [1.807, 2.05) is 40.7 Å². The van der Waals surface area contributed by atoms with Gasteiger partial charge in [0.15, 0.2) is 0 Å². The van der Waals surface area contributed by atoms with E-state index in [-0.39, 0.29) is 11.8 Å². The highest BCUT2D eigenvalue weighted by atomic mass is 35.5. The number of benzene rings is 1. The Hall–Kier alpha value is -1.46. The number of fused-ring (bicyclic) bond motifs is 1. The van der Waals surface area contributed by atoms with Crippen LogP contribution in [0, 0.1) is 11.8 Å². The fourth-order valence-corrected chi connectivity index (χ4v) is 5.50. The standard InChI is InChI=1S/C22H28ClN3OS/c1-2-3-4-15-5-7-16(8-6-15)22(27)24-21-19-13-28-14-20(19)25-26(21)18-11-9-17(23)10-12-18/h9-12,15-16H,2-8,13-14H2,1H3,(H,24,27). The normalized spacial score (nSPS) is 21.5. The Morgan fingerprint density at radius 2 is 1.96 bits per heavy atom. The van der Waals surface area contributed by atoms with E-state index in [2.05, 4.69) is 12.2 Å². The van der Waals surface area contributed by atoms with E-state index in [9.17, 15) is 4.79 Å². The maximum Gasteiger partial charge on any atom is 0.228 e. The average Bonchev–Trinajstić information content (AvgIpc) is 3.30. The minimum Gasteiger partial charge on any atom is -0.310 e. The molecule has 1 aliphatic carbocycles. The van der Waals surface area contributed by atoms with Gasteiger partial charge in [-0.25, -0.2) is 4.68 Å². The molecule has 1 saturated carbocycles. The predicted molar refractivity (Wildman–Crippen MR) is 117 cm³/mol. The van der Waals surface area contributed by atoms with Crippen molar-refractivity contribution < 1.29 is 4.79 Å². The molecule has 1 fully saturated rings. The molecule has 4 nitrogen and oxygen atoms in total. The van der Waals surface area contributed by atoms with Crippen LogP contribution in [0.2, 0.25) is 5.02 Å². The number of anilines is 1. The number of carbonyl (C=O) groups excluding carboxylic acids is 1. The number of rotatable bonds is 6. The Balaban J connectivity index is 1.49. The molecule has 6 heteroatoms. The minimum absolute atomic E-state index is 0.121. The summed E-state index contributed by atoms with van der Waals surface area (Å²) >= 11 is 7.89. The van der Waals surface area contributed by atoms with Gasteiger partial charge in [0, 0.05) is 28.0 Å². The Labute approximate surface area is 176 Å². The molecule has 1 aliphatic heterocycles. The lowest BCUT2D eigenvalue weighted by Gasteiger charge is -2.27. The van der Waals surface area contributed by atoms with Crippen LogP contribution in [0.4, 0.5) is 5.82 Å². The molecule has 2 heterocycles. The summed E-state index contributed by atoms with van der Waals surface area (Å²) in [6, 6.07) is 7.63. The third kappa shape index (κ3) is 4.25. The third-order valence-electron chi connectivity index (χ3n) is 6.05. The van der Waals surface area contributed by atoms with Crippen LogP contribution in [0.1, 0.15) is 63.1 Å². The van der Waals surface area contributed by atoms with Gasteiger partial charge in [-0.05, 0) is 55.9 Å². The van der Waals surface area contributed by atoms with Crippen molar-refractivity contribution in [2.75, 3.05) is 5.32 Å². The van der Waals surface area contributed by atoms with Gasteiger partial charge in [-0.1, -0.05) is 37.8 Å². The summed E-state index contributed by atoms with van der Waals surface area (Å²) in [6.45, 7) is 2.25. The summed E-state index contributed by atoms with van der Waals surface area (Å²) in [7, 11) is 0. The summed E-state index contributed by atoms with van der Waals surface area (Å²) in [4.78, 5) is 13.0. The molecular formula is C22H28ClN3OS. The molecule has 4 rings (SSSR count). The molecule has 0 radical (unpaired) electrons. The number of nitrogens with one attached hydrogen (secondary N) is 1. The van der Waals surface area contributed by atoms with Crippen molar-refractivity contribution >= 4 is 35.1 Å². The topological polar surface area (TPSA) is 46.9 Å². The lowest BCUT2D eigenvalue weighted by Crippen LogP contribution is -2.28. The number of thioether (sulfide) groups is 1. The largest absolute Gasteiger partial charge is 0.310 e. The maximum absolute atomic E-state index is 13.0. The highest BCUT2D eigenvalue weighted by molar-refractivity contribution is 7.98. The number of hydrogen-bond acceptors (Lipinski definition) is 3. The Kier molecular flexibility index (Phi) is 6.32. The van der Waals surface area contributed by atoms with Gasteiger partial charge in [0.1, 0.15) is 5.82 Å². The highest BCUT2D eigenvalue weighted by Crippen LogP contribution is 2.37. The van der Waals surface area contributed by atoms with Crippen LogP contribution in [0.5, 0.6) is 0 Å². The van der Waals surface area contributed by atoms with Gasteiger partial charge in [-0.3, -0.25) is 4.79 Å². The van der Waals surface area contributed by atoms with E-state index in [4.69, 9.17) is 16.7 Å². The number of nitrogens with zero attached hydrogens (tertiary/aromatic N) is 2. The number of carbonyl (C=O) groups is 1. The first-order valence-electron chi connectivity index (χ1n) is 10.4. The van der Waals surface area contributed by atoms with Crippen LogP contribution in [0.15, 0.2) is 24.3 Å². The second-order valence-electron chi connectivity index (χ2n) is 8.00. The average molecular weight is 418 g/mol. The molecule has 1 aromatic carbocycles. The Morgan fingerprint density at radius 3 is 2.68 bits per heavy atom. The summed E-state index contributed by atoms with van der Waals surface area (Å²) in [5.74, 6) is 3.74. The molecule has 1 amide bonds. The Morgan fingerprint density at radius 1 is 1.21 bits per heavy atom. The van der Waals surface area contributed by atoms with E-state index in [0.29, 0.717) is 5.02 Å². The van der Waals surface area contributed by atoms with Crippen LogP contribution in [0.25, 0.3) is 5.69 Å². The van der Waals surface area contributed by atoms with E-state index < -0.39 is 0 Å². The molecule has 1 aromatic heterocycles. The smallest absolute Gasteiger partial charge is 0.228 e. The molecule has 0 saturated heterocycles. The van der Waals surface area contributed by atoms with Gasteiger partial charge in [0.2, 0.25) is 5.91 Å². The van der Waals surface area contributed by atoms with Crippen LogP contribution in [-0.4, -0.2) is 15.7 Å². The zero-order valence-electron chi connectivity index (χ0n) is 16.4. The van der Waals surface area contributed by atoms with Gasteiger partial charge in [0.05, 0.1) is 11.4 Å². The van der Waals surface area contributed by atoms with Gasteiger partial charge >= 0.3 is 0 Å². The lowest BCUT2D eigenvalue weighted by molar-refractivity contribution is -0.121. The fourth-order valence-electron chi connectivity index (χ4n) is 4.34. The van der Waals surface area contributed by atoms with Gasteiger partial charge in [-0.2, -0.15) is 16.9 Å². The van der Waals surface area contributed by atoms with Crippen LogP contribution in [-0.2, 0) is 16.3 Å². The zero-order valence-corrected chi connectivity index (χ0v) is 18.0. The molecule has 2 aliphatic rings. The molecule has 0 atom stereocenters. The van der Waals surface area contributed by atoms with Crippen molar-refractivity contribution in [2.24, 2.45) is 11.8 Å². The first-order valence-corrected chi connectivity index (χ1v) is 11.9. The summed E-state index contributed by atoms with van der Waals surface area (Å²) in [5.41, 5.74) is 3.19. The van der Waals surface area contributed by atoms with Crippen molar-refractivity contribution in [3.63, 3.8) is 0 Å². The van der Waals surface area contributed by atoms with Crippen LogP contribution < -0.4 is 5.32 Å². The second kappa shape index (κ2) is 8.91. The van der Waals surface area contributed by atoms with Crippen molar-refractivity contribution in [3.05, 3.63) is 40.5 Å². The van der Waals surface area contributed by atoms with Crippen molar-refractivity contribution in [3.8, 4) is 5.69 Å². The maximum atomic E-state index is 13.0. The predicted octanol–water partition coefficient (Wildman–Crippen LogP) is 6.21. The van der Waals surface area contributed by atoms with Crippen LogP contribution >= 0.6 is 23.4 Å². The number of amides is 1. The molecule has 0 spiro atoms. The van der Waals surface area contributed by atoms with Crippen LogP contribution in [0.3, 0.4) is 0 Å². The first-order chi connectivity index (χ1) is 13.7. The minimum atomic E-state index is 0.121. The van der Waals surface area contributed by atoms with Crippen molar-refractivity contribution in [1.29, 1.82) is 0 Å². The molecule has 0 unspecified atom stereocenters. The number of unbranched alkanes of at least 4 members (excludes halogenated alkanes) is 1. The molecular weight excluding hydrogens is 390 g/mol. The number of halogens is 1. The molecule has 2 aromatic rings. The Bertz CT molecular complexity index is 825. The molecule has 150 valence electrons. The van der Waals surface area contributed by atoms with Crippen molar-refractivity contribution in [2.45, 2.75) is 63.4 Å². The molecule has 28 heavy (non-hydrogen) atoms. The highest BCUT2D eigenvalue weighted by Gasteiger charge is 2.29. The summed E-state index contributed by atoms with van der Waals surface area (Å²) < 4.78 is 1.88. The van der Waals surface area contributed by atoms with Gasteiger partial charge in [-0.15, -0.1) is 0 Å². The SMILES string of the molecule is CCCCC1CCC(C(=O)Nc2c3c(nn2-c2ccc(Cl)cc2)CSC3)CC1. The summed E-state index contributed by atoms with van der Waals surface area (Å²) in [6.07, 6.45) is 8.27. The lowest BCUT2D eigenvalue weighted by atomic mass is 9.79. The number of hydrogen-bond donors (Lipinski definition) is 1. The molecule has 0 bridgehead atoms. The van der Waals surface area contributed by atoms with Gasteiger partial charge < -0.3 is 5.32 Å².